The summed E-state index contributed by atoms with van der Waals surface area (Å²) in [6, 6.07) is -0.769. The molecule has 0 rings (SSSR count). The Morgan fingerprint density at radius 3 is 1.87 bits per heavy atom. The third-order valence-electron chi connectivity index (χ3n) is 2.26. The number of carbonyl (C=O) groups excluding carboxylic acids is 2. The van der Waals surface area contributed by atoms with E-state index in [9.17, 15) is 9.59 Å². The molecule has 0 aromatic carbocycles. The van der Waals surface area contributed by atoms with Crippen molar-refractivity contribution in [3.8, 4) is 0 Å². The topological polar surface area (TPSA) is 70.2 Å². The predicted molar refractivity (Wildman–Crippen MR) is 59.4 cm³/mol. The van der Waals surface area contributed by atoms with E-state index in [1.54, 1.807) is 21.0 Å². The van der Waals surface area contributed by atoms with Crippen LogP contribution in [0.3, 0.4) is 0 Å². The van der Waals surface area contributed by atoms with Gasteiger partial charge in [0.1, 0.15) is 6.04 Å². The van der Waals surface area contributed by atoms with Gasteiger partial charge in [0.25, 0.3) is 0 Å². The first-order valence-corrected chi connectivity index (χ1v) is 5.13. The highest BCUT2D eigenvalue weighted by molar-refractivity contribution is 5.89. The van der Waals surface area contributed by atoms with Crippen molar-refractivity contribution in [2.45, 2.75) is 32.9 Å². The summed E-state index contributed by atoms with van der Waals surface area (Å²) in [6.45, 7) is 5.56. The first kappa shape index (κ1) is 13.9. The van der Waals surface area contributed by atoms with Crippen molar-refractivity contribution in [3.63, 3.8) is 0 Å². The maximum Gasteiger partial charge on any atom is 0.242 e. The molecule has 2 atom stereocenters. The average molecular weight is 215 g/mol. The van der Waals surface area contributed by atoms with E-state index in [4.69, 9.17) is 0 Å². The van der Waals surface area contributed by atoms with Crippen LogP contribution in [-0.2, 0) is 9.59 Å². The molecular formula is C10H21N3O2. The highest BCUT2D eigenvalue weighted by Gasteiger charge is 2.23. The summed E-state index contributed by atoms with van der Waals surface area (Å²) < 4.78 is 0. The molecule has 0 fully saturated rings. The summed E-state index contributed by atoms with van der Waals surface area (Å²) in [5, 5.41) is 8.05. The lowest BCUT2D eigenvalue weighted by molar-refractivity contribution is -0.129. The van der Waals surface area contributed by atoms with E-state index in [-0.39, 0.29) is 23.8 Å². The van der Waals surface area contributed by atoms with E-state index in [2.05, 4.69) is 16.0 Å². The fourth-order valence-corrected chi connectivity index (χ4v) is 1.35. The number of carbonyl (C=O) groups is 2. The Hall–Kier alpha value is -1.10. The Bertz CT molecular complexity index is 229. The molecule has 0 unspecified atom stereocenters. The second-order valence-corrected chi connectivity index (χ2v) is 3.85. The van der Waals surface area contributed by atoms with E-state index in [0.29, 0.717) is 0 Å². The fraction of sp³-hybridized carbons (Fsp3) is 0.800. The molecule has 0 radical (unpaired) electrons. The van der Waals surface area contributed by atoms with Crippen LogP contribution in [0.2, 0.25) is 0 Å². The molecule has 0 saturated heterocycles. The number of likely N-dealkylation sites (N-methyl/N-ethyl adjacent to an activating group) is 2. The molecule has 0 heterocycles. The Balaban J connectivity index is 4.28. The third-order valence-corrected chi connectivity index (χ3v) is 2.26. The Kier molecular flexibility index (Phi) is 5.93. The average Bonchev–Trinajstić information content (AvgIpc) is 2.16. The molecule has 3 N–H and O–H groups in total. The standard InChI is InChI=1S/C10H21N3O2/c1-6(2)8(11-4)10(15)13-7(3)9(14)12-5/h6-8,11H,1-5H3,(H,12,14)(H,13,15)/t7-,8-/m0/s1. The van der Waals surface area contributed by atoms with Crippen LogP contribution in [0.25, 0.3) is 0 Å². The number of hydrogen-bond donors (Lipinski definition) is 3. The molecule has 0 saturated carbocycles. The molecular weight excluding hydrogens is 194 g/mol. The molecule has 88 valence electrons. The maximum absolute atomic E-state index is 11.7. The van der Waals surface area contributed by atoms with Gasteiger partial charge in [0.05, 0.1) is 6.04 Å². The minimum atomic E-state index is -0.503. The van der Waals surface area contributed by atoms with E-state index in [1.165, 1.54) is 0 Å². The number of amides is 2. The summed E-state index contributed by atoms with van der Waals surface area (Å²) in [4.78, 5) is 22.9. The summed E-state index contributed by atoms with van der Waals surface area (Å²) in [5.41, 5.74) is 0. The lowest BCUT2D eigenvalue weighted by Gasteiger charge is -2.21. The maximum atomic E-state index is 11.7. The molecule has 0 aromatic heterocycles. The van der Waals surface area contributed by atoms with E-state index in [1.807, 2.05) is 13.8 Å². The molecule has 0 aliphatic carbocycles. The first-order chi connectivity index (χ1) is 6.93. The summed E-state index contributed by atoms with van der Waals surface area (Å²) >= 11 is 0. The normalized spacial score (nSPS) is 14.5. The van der Waals surface area contributed by atoms with Gasteiger partial charge in [-0.05, 0) is 19.9 Å². The SMILES string of the molecule is CNC(=O)[C@H](C)NC(=O)[C@@H](NC)C(C)C. The molecule has 0 aromatic rings. The van der Waals surface area contributed by atoms with Crippen LogP contribution in [0.1, 0.15) is 20.8 Å². The van der Waals surface area contributed by atoms with E-state index >= 15 is 0 Å². The van der Waals surface area contributed by atoms with Crippen molar-refractivity contribution in [1.82, 2.24) is 16.0 Å². The summed E-state index contributed by atoms with van der Waals surface area (Å²) in [5.74, 6) is -0.155. The van der Waals surface area contributed by atoms with Crippen molar-refractivity contribution < 1.29 is 9.59 Å². The van der Waals surface area contributed by atoms with Crippen LogP contribution in [-0.4, -0.2) is 38.0 Å². The largest absolute Gasteiger partial charge is 0.357 e. The van der Waals surface area contributed by atoms with Gasteiger partial charge in [0.2, 0.25) is 11.8 Å². The first-order valence-electron chi connectivity index (χ1n) is 5.13. The monoisotopic (exact) mass is 215 g/mol. The molecule has 0 aliphatic rings. The Morgan fingerprint density at radius 1 is 1.00 bits per heavy atom. The van der Waals surface area contributed by atoms with Crippen LogP contribution >= 0.6 is 0 Å². The molecule has 2 amide bonds. The van der Waals surface area contributed by atoms with Gasteiger partial charge >= 0.3 is 0 Å². The van der Waals surface area contributed by atoms with Crippen LogP contribution in [0.15, 0.2) is 0 Å². The van der Waals surface area contributed by atoms with Crippen LogP contribution < -0.4 is 16.0 Å². The molecule has 5 heteroatoms. The van der Waals surface area contributed by atoms with Crippen molar-refractivity contribution in [3.05, 3.63) is 0 Å². The smallest absolute Gasteiger partial charge is 0.242 e. The minimum Gasteiger partial charge on any atom is -0.357 e. The quantitative estimate of drug-likeness (QED) is 0.578. The minimum absolute atomic E-state index is 0.149. The number of hydrogen-bond acceptors (Lipinski definition) is 3. The lowest BCUT2D eigenvalue weighted by Crippen LogP contribution is -2.52. The predicted octanol–water partition coefficient (Wildman–Crippen LogP) is -0.519. The van der Waals surface area contributed by atoms with Gasteiger partial charge in [-0.1, -0.05) is 13.8 Å². The highest BCUT2D eigenvalue weighted by atomic mass is 16.2. The van der Waals surface area contributed by atoms with Crippen molar-refractivity contribution in [2.24, 2.45) is 5.92 Å². The molecule has 0 bridgehead atoms. The summed E-state index contributed by atoms with van der Waals surface area (Å²) in [7, 11) is 3.28. The highest BCUT2D eigenvalue weighted by Crippen LogP contribution is 2.01. The van der Waals surface area contributed by atoms with Crippen molar-refractivity contribution >= 4 is 11.8 Å². The van der Waals surface area contributed by atoms with Crippen LogP contribution in [0.4, 0.5) is 0 Å². The number of nitrogens with one attached hydrogen (secondary N) is 3. The van der Waals surface area contributed by atoms with Gasteiger partial charge in [0, 0.05) is 7.05 Å². The molecule has 5 nitrogen and oxygen atoms in total. The second kappa shape index (κ2) is 6.40. The second-order valence-electron chi connectivity index (χ2n) is 3.85. The zero-order valence-electron chi connectivity index (χ0n) is 10.0. The molecule has 0 spiro atoms. The van der Waals surface area contributed by atoms with Gasteiger partial charge in [-0.3, -0.25) is 9.59 Å². The molecule has 0 aliphatic heterocycles. The van der Waals surface area contributed by atoms with E-state index < -0.39 is 6.04 Å². The Labute approximate surface area is 91.0 Å². The van der Waals surface area contributed by atoms with Gasteiger partial charge in [-0.2, -0.15) is 0 Å². The lowest BCUT2D eigenvalue weighted by atomic mass is 10.0. The van der Waals surface area contributed by atoms with Crippen LogP contribution in [0, 0.1) is 5.92 Å². The third kappa shape index (κ3) is 4.29. The van der Waals surface area contributed by atoms with Gasteiger partial charge < -0.3 is 16.0 Å². The van der Waals surface area contributed by atoms with Gasteiger partial charge in [0.15, 0.2) is 0 Å². The fourth-order valence-electron chi connectivity index (χ4n) is 1.35. The number of rotatable bonds is 5. The van der Waals surface area contributed by atoms with Gasteiger partial charge in [-0.15, -0.1) is 0 Å². The van der Waals surface area contributed by atoms with Crippen LogP contribution in [0.5, 0.6) is 0 Å². The van der Waals surface area contributed by atoms with Gasteiger partial charge in [-0.25, -0.2) is 0 Å². The molecule has 15 heavy (non-hydrogen) atoms. The zero-order chi connectivity index (χ0) is 12.0. The van der Waals surface area contributed by atoms with Crippen molar-refractivity contribution in [2.75, 3.05) is 14.1 Å². The summed E-state index contributed by atoms with van der Waals surface area (Å²) in [6.07, 6.45) is 0. The zero-order valence-corrected chi connectivity index (χ0v) is 10.0. The van der Waals surface area contributed by atoms with E-state index in [0.717, 1.165) is 0 Å². The Morgan fingerprint density at radius 2 is 1.53 bits per heavy atom. The van der Waals surface area contributed by atoms with Crippen molar-refractivity contribution in [1.29, 1.82) is 0 Å².